The minimum Gasteiger partial charge on any atom is -0.396 e. The Kier molecular flexibility index (Phi) is 3.91. The molecule has 1 aliphatic heterocycles. The van der Waals surface area contributed by atoms with Crippen LogP contribution in [0.5, 0.6) is 0 Å². The van der Waals surface area contributed by atoms with E-state index in [2.05, 4.69) is 9.97 Å². The Morgan fingerprint density at radius 2 is 2.35 bits per heavy atom. The number of hydrogen-bond acceptors (Lipinski definition) is 4. The van der Waals surface area contributed by atoms with Gasteiger partial charge in [0, 0.05) is 19.7 Å². The van der Waals surface area contributed by atoms with Crippen molar-refractivity contribution in [3.05, 3.63) is 23.2 Å². The Bertz CT molecular complexity index is 396. The molecular weight excluding hydrogens is 242 g/mol. The number of nitrogens with zero attached hydrogens (tertiary/aromatic N) is 3. The molecule has 1 saturated heterocycles. The fourth-order valence-electron chi connectivity index (χ4n) is 2.02. The lowest BCUT2D eigenvalue weighted by Gasteiger charge is -2.15. The van der Waals surface area contributed by atoms with Gasteiger partial charge in [0.1, 0.15) is 10.8 Å². The van der Waals surface area contributed by atoms with Crippen LogP contribution in [-0.2, 0) is 0 Å². The van der Waals surface area contributed by atoms with Crippen LogP contribution in [0.15, 0.2) is 12.4 Å². The summed E-state index contributed by atoms with van der Waals surface area (Å²) in [7, 11) is 0. The minimum absolute atomic E-state index is 0.116. The first-order chi connectivity index (χ1) is 8.20. The van der Waals surface area contributed by atoms with E-state index in [4.69, 9.17) is 16.7 Å². The second-order valence-electron chi connectivity index (χ2n) is 4.14. The van der Waals surface area contributed by atoms with E-state index in [0.29, 0.717) is 24.7 Å². The second kappa shape index (κ2) is 5.42. The van der Waals surface area contributed by atoms with E-state index >= 15 is 0 Å². The predicted molar refractivity (Wildman–Crippen MR) is 62.8 cm³/mol. The molecule has 1 fully saturated rings. The SMILES string of the molecule is O=C(c1cnc(Cl)cn1)N1CCC(CCO)C1. The molecule has 1 aromatic heterocycles. The van der Waals surface area contributed by atoms with Crippen molar-refractivity contribution in [2.45, 2.75) is 12.8 Å². The normalized spacial score (nSPS) is 19.6. The Hall–Kier alpha value is -1.20. The van der Waals surface area contributed by atoms with Crippen molar-refractivity contribution in [3.63, 3.8) is 0 Å². The molecule has 1 amide bonds. The van der Waals surface area contributed by atoms with Gasteiger partial charge >= 0.3 is 0 Å². The van der Waals surface area contributed by atoms with Gasteiger partial charge < -0.3 is 10.0 Å². The molecule has 1 aromatic rings. The van der Waals surface area contributed by atoms with Crippen molar-refractivity contribution in [3.8, 4) is 0 Å². The first-order valence-corrected chi connectivity index (χ1v) is 5.96. The molecule has 6 heteroatoms. The summed E-state index contributed by atoms with van der Waals surface area (Å²) in [6, 6.07) is 0. The van der Waals surface area contributed by atoms with Crippen molar-refractivity contribution in [1.29, 1.82) is 0 Å². The third kappa shape index (κ3) is 2.92. The molecule has 0 radical (unpaired) electrons. The number of aliphatic hydroxyl groups is 1. The molecule has 92 valence electrons. The summed E-state index contributed by atoms with van der Waals surface area (Å²) in [4.78, 5) is 21.6. The maximum Gasteiger partial charge on any atom is 0.274 e. The van der Waals surface area contributed by atoms with E-state index in [1.807, 2.05) is 0 Å². The molecular formula is C11H14ClN3O2. The van der Waals surface area contributed by atoms with Crippen LogP contribution in [0, 0.1) is 5.92 Å². The summed E-state index contributed by atoms with van der Waals surface area (Å²) >= 11 is 5.61. The monoisotopic (exact) mass is 255 g/mol. The summed E-state index contributed by atoms with van der Waals surface area (Å²) in [5.74, 6) is 0.277. The summed E-state index contributed by atoms with van der Waals surface area (Å²) in [6.45, 7) is 1.57. The second-order valence-corrected chi connectivity index (χ2v) is 4.53. The van der Waals surface area contributed by atoms with E-state index < -0.39 is 0 Å². The predicted octanol–water partition coefficient (Wildman–Crippen LogP) is 0.974. The molecule has 0 spiro atoms. The number of rotatable bonds is 3. The average Bonchev–Trinajstić information content (AvgIpc) is 2.78. The zero-order chi connectivity index (χ0) is 12.3. The summed E-state index contributed by atoms with van der Waals surface area (Å²) < 4.78 is 0. The number of amides is 1. The van der Waals surface area contributed by atoms with Gasteiger partial charge in [-0.05, 0) is 18.8 Å². The molecule has 1 atom stereocenters. The van der Waals surface area contributed by atoms with Crippen molar-refractivity contribution in [2.75, 3.05) is 19.7 Å². The maximum absolute atomic E-state index is 12.0. The van der Waals surface area contributed by atoms with E-state index in [1.165, 1.54) is 12.4 Å². The van der Waals surface area contributed by atoms with Gasteiger partial charge in [0.2, 0.25) is 0 Å². The fraction of sp³-hybridized carbons (Fsp3) is 0.545. The minimum atomic E-state index is -0.116. The highest BCUT2D eigenvalue weighted by Gasteiger charge is 2.27. The van der Waals surface area contributed by atoms with Crippen molar-refractivity contribution < 1.29 is 9.90 Å². The van der Waals surface area contributed by atoms with Gasteiger partial charge in [-0.15, -0.1) is 0 Å². The first kappa shape index (κ1) is 12.3. The van der Waals surface area contributed by atoms with Crippen LogP contribution in [0.4, 0.5) is 0 Å². The molecule has 2 heterocycles. The smallest absolute Gasteiger partial charge is 0.274 e. The quantitative estimate of drug-likeness (QED) is 0.874. The van der Waals surface area contributed by atoms with Crippen molar-refractivity contribution >= 4 is 17.5 Å². The highest BCUT2D eigenvalue weighted by Crippen LogP contribution is 2.20. The molecule has 1 unspecified atom stereocenters. The Labute approximate surface area is 104 Å². The Balaban J connectivity index is 1.99. The molecule has 1 N–H and O–H groups in total. The van der Waals surface area contributed by atoms with Crippen LogP contribution in [0.25, 0.3) is 0 Å². The van der Waals surface area contributed by atoms with Crippen LogP contribution in [0.2, 0.25) is 5.15 Å². The van der Waals surface area contributed by atoms with Gasteiger partial charge in [0.25, 0.3) is 5.91 Å². The average molecular weight is 256 g/mol. The number of aliphatic hydroxyl groups excluding tert-OH is 1. The summed E-state index contributed by atoms with van der Waals surface area (Å²) in [6.07, 6.45) is 4.45. The van der Waals surface area contributed by atoms with Gasteiger partial charge in [-0.3, -0.25) is 4.79 Å². The van der Waals surface area contributed by atoms with Crippen LogP contribution in [-0.4, -0.2) is 45.6 Å². The molecule has 1 aliphatic rings. The lowest BCUT2D eigenvalue weighted by Crippen LogP contribution is -2.29. The topological polar surface area (TPSA) is 66.3 Å². The molecule has 0 bridgehead atoms. The molecule has 0 aliphatic carbocycles. The third-order valence-corrected chi connectivity index (χ3v) is 3.15. The largest absolute Gasteiger partial charge is 0.396 e. The number of carbonyl (C=O) groups excluding carboxylic acids is 1. The van der Waals surface area contributed by atoms with Crippen LogP contribution >= 0.6 is 11.6 Å². The van der Waals surface area contributed by atoms with Gasteiger partial charge in [-0.2, -0.15) is 0 Å². The first-order valence-electron chi connectivity index (χ1n) is 5.58. The lowest BCUT2D eigenvalue weighted by molar-refractivity contribution is 0.0778. The highest BCUT2D eigenvalue weighted by atomic mass is 35.5. The summed E-state index contributed by atoms with van der Waals surface area (Å²) in [5.41, 5.74) is 0.319. The zero-order valence-corrected chi connectivity index (χ0v) is 10.1. The summed E-state index contributed by atoms with van der Waals surface area (Å²) in [5, 5.41) is 9.14. The van der Waals surface area contributed by atoms with Gasteiger partial charge in [0.15, 0.2) is 0 Å². The molecule has 2 rings (SSSR count). The van der Waals surface area contributed by atoms with E-state index in [0.717, 1.165) is 12.8 Å². The zero-order valence-electron chi connectivity index (χ0n) is 9.34. The van der Waals surface area contributed by atoms with Crippen LogP contribution in [0.1, 0.15) is 23.3 Å². The van der Waals surface area contributed by atoms with E-state index in [-0.39, 0.29) is 17.7 Å². The van der Waals surface area contributed by atoms with Crippen molar-refractivity contribution in [2.24, 2.45) is 5.92 Å². The lowest BCUT2D eigenvalue weighted by atomic mass is 10.1. The van der Waals surface area contributed by atoms with E-state index in [1.54, 1.807) is 4.90 Å². The third-order valence-electron chi connectivity index (χ3n) is 2.95. The number of carbonyl (C=O) groups is 1. The Morgan fingerprint density at radius 3 is 3.00 bits per heavy atom. The van der Waals surface area contributed by atoms with Gasteiger partial charge in [-0.25, -0.2) is 9.97 Å². The maximum atomic E-state index is 12.0. The number of likely N-dealkylation sites (tertiary alicyclic amines) is 1. The standard InChI is InChI=1S/C11H14ClN3O2/c12-10-6-13-9(5-14-10)11(17)15-3-1-8(7-15)2-4-16/h5-6,8,16H,1-4,7H2. The molecule has 5 nitrogen and oxygen atoms in total. The fourth-order valence-corrected chi connectivity index (χ4v) is 2.12. The highest BCUT2D eigenvalue weighted by molar-refractivity contribution is 6.29. The molecule has 0 aromatic carbocycles. The number of halogens is 1. The van der Waals surface area contributed by atoms with Gasteiger partial charge in [0.05, 0.1) is 12.4 Å². The van der Waals surface area contributed by atoms with Gasteiger partial charge in [-0.1, -0.05) is 11.6 Å². The van der Waals surface area contributed by atoms with Crippen LogP contribution < -0.4 is 0 Å². The number of aromatic nitrogens is 2. The molecule has 0 saturated carbocycles. The molecule has 17 heavy (non-hydrogen) atoms. The van der Waals surface area contributed by atoms with Crippen molar-refractivity contribution in [1.82, 2.24) is 14.9 Å². The van der Waals surface area contributed by atoms with Crippen LogP contribution in [0.3, 0.4) is 0 Å². The van der Waals surface area contributed by atoms with E-state index in [9.17, 15) is 4.79 Å². The number of hydrogen-bond donors (Lipinski definition) is 1. The Morgan fingerprint density at radius 1 is 1.53 bits per heavy atom.